The molecule has 0 spiro atoms. The molecule has 0 saturated carbocycles. The predicted octanol–water partition coefficient (Wildman–Crippen LogP) is 3.52. The highest BCUT2D eigenvalue weighted by molar-refractivity contribution is 6.37. The average molecular weight is 459 g/mol. The van der Waals surface area contributed by atoms with Crippen molar-refractivity contribution in [2.45, 2.75) is 33.1 Å². The molecule has 2 rings (SSSR count). The molecule has 0 heterocycles. The third kappa shape index (κ3) is 6.86. The maximum absolute atomic E-state index is 11.7. The lowest BCUT2D eigenvalue weighted by atomic mass is 10.0. The molecule has 9 heteroatoms. The Bertz CT molecular complexity index is 1000. The second kappa shape index (κ2) is 12.3. The molecule has 0 atom stereocenters. The van der Waals surface area contributed by atoms with E-state index in [1.165, 1.54) is 20.1 Å². The van der Waals surface area contributed by atoms with E-state index in [0.29, 0.717) is 54.6 Å². The molecule has 0 saturated heterocycles. The molecule has 33 heavy (non-hydrogen) atoms. The minimum absolute atomic E-state index is 0.0257. The van der Waals surface area contributed by atoms with E-state index in [2.05, 4.69) is 10.1 Å². The number of ether oxygens (including phenoxy) is 4. The molecule has 9 nitrogen and oxygen atoms in total. The molecule has 178 valence electrons. The van der Waals surface area contributed by atoms with Crippen molar-refractivity contribution < 1.29 is 38.4 Å². The number of hydrogen-bond acceptors (Lipinski definition) is 8. The van der Waals surface area contributed by atoms with E-state index in [1.54, 1.807) is 24.3 Å². The normalized spacial score (nSPS) is 10.3. The van der Waals surface area contributed by atoms with Crippen molar-refractivity contribution in [3.63, 3.8) is 0 Å². The Morgan fingerprint density at radius 3 is 2.24 bits per heavy atom. The van der Waals surface area contributed by atoms with Gasteiger partial charge in [-0.2, -0.15) is 0 Å². The lowest BCUT2D eigenvalue weighted by Gasteiger charge is -2.15. The Labute approximate surface area is 192 Å². The predicted molar refractivity (Wildman–Crippen MR) is 121 cm³/mol. The highest BCUT2D eigenvalue weighted by Crippen LogP contribution is 2.33. The minimum atomic E-state index is -0.999. The quantitative estimate of drug-likeness (QED) is 0.227. The van der Waals surface area contributed by atoms with Crippen LogP contribution in [0.3, 0.4) is 0 Å². The van der Waals surface area contributed by atoms with Crippen LogP contribution in [0.2, 0.25) is 0 Å². The highest BCUT2D eigenvalue weighted by Gasteiger charge is 2.17. The second-order valence-electron chi connectivity index (χ2n) is 7.11. The Kier molecular flexibility index (Phi) is 9.53. The van der Waals surface area contributed by atoms with Crippen LogP contribution in [0.25, 0.3) is 0 Å². The van der Waals surface area contributed by atoms with Crippen LogP contribution in [0.1, 0.15) is 42.6 Å². The van der Waals surface area contributed by atoms with Crippen LogP contribution in [-0.2, 0) is 20.7 Å². The number of esters is 1. The fourth-order valence-corrected chi connectivity index (χ4v) is 3.09. The molecule has 0 radical (unpaired) electrons. The number of rotatable bonds is 11. The molecule has 0 bridgehead atoms. The third-order valence-corrected chi connectivity index (χ3v) is 4.72. The number of amides is 1. The maximum Gasteiger partial charge on any atom is 0.396 e. The van der Waals surface area contributed by atoms with Gasteiger partial charge in [-0.15, -0.1) is 0 Å². The zero-order valence-corrected chi connectivity index (χ0v) is 19.2. The molecule has 2 aromatic rings. The van der Waals surface area contributed by atoms with Crippen molar-refractivity contribution in [3.8, 4) is 23.0 Å². The molecular formula is C24H29NO8. The summed E-state index contributed by atoms with van der Waals surface area (Å²) >= 11 is 0. The second-order valence-corrected chi connectivity index (χ2v) is 7.11. The van der Waals surface area contributed by atoms with E-state index in [4.69, 9.17) is 14.2 Å². The molecular weight excluding hydrogens is 430 g/mol. The number of phenolic OH excluding ortho intramolecular Hbond substituents is 1. The smallest absolute Gasteiger partial charge is 0.396 e. The Hall–Kier alpha value is -3.75. The first kappa shape index (κ1) is 25.5. The van der Waals surface area contributed by atoms with Gasteiger partial charge in [0.2, 0.25) is 0 Å². The van der Waals surface area contributed by atoms with Gasteiger partial charge in [-0.3, -0.25) is 9.59 Å². The molecule has 0 unspecified atom stereocenters. The number of carbonyl (C=O) groups excluding carboxylic acids is 3. The zero-order chi connectivity index (χ0) is 24.4. The topological polar surface area (TPSA) is 120 Å². The summed E-state index contributed by atoms with van der Waals surface area (Å²) in [6, 6.07) is 7.99. The van der Waals surface area contributed by atoms with Crippen molar-refractivity contribution in [1.82, 2.24) is 0 Å². The van der Waals surface area contributed by atoms with Gasteiger partial charge in [0, 0.05) is 23.7 Å². The lowest BCUT2D eigenvalue weighted by molar-refractivity contribution is -0.150. The summed E-state index contributed by atoms with van der Waals surface area (Å²) in [4.78, 5) is 34.5. The van der Waals surface area contributed by atoms with E-state index >= 15 is 0 Å². The van der Waals surface area contributed by atoms with E-state index in [-0.39, 0.29) is 17.1 Å². The van der Waals surface area contributed by atoms with Crippen molar-refractivity contribution in [3.05, 3.63) is 41.5 Å². The summed E-state index contributed by atoms with van der Waals surface area (Å²) in [6.45, 7) is 4.06. The molecule has 2 N–H and O–H groups in total. The number of carbonyl (C=O) groups is 3. The first-order valence-electron chi connectivity index (χ1n) is 10.5. The Balaban J connectivity index is 1.93. The number of aromatic hydroxyl groups is 1. The van der Waals surface area contributed by atoms with E-state index < -0.39 is 11.9 Å². The minimum Gasteiger partial charge on any atom is -0.507 e. The number of ketones is 1. The van der Waals surface area contributed by atoms with E-state index in [0.717, 1.165) is 13.5 Å². The lowest BCUT2D eigenvalue weighted by Crippen LogP contribution is -2.23. The summed E-state index contributed by atoms with van der Waals surface area (Å²) < 4.78 is 21.2. The molecule has 0 aromatic heterocycles. The first-order chi connectivity index (χ1) is 15.8. The maximum atomic E-state index is 11.7. The van der Waals surface area contributed by atoms with Gasteiger partial charge in [0.25, 0.3) is 0 Å². The number of anilines is 1. The third-order valence-electron chi connectivity index (χ3n) is 4.72. The Morgan fingerprint density at radius 2 is 1.64 bits per heavy atom. The number of benzene rings is 2. The molecule has 0 aliphatic heterocycles. The number of nitrogens with one attached hydrogen (secondary N) is 1. The number of Topliss-reactive ketones (excluding diaryl/α,β-unsaturated/α-hetero) is 1. The molecule has 0 aliphatic rings. The fourth-order valence-electron chi connectivity index (χ4n) is 3.09. The van der Waals surface area contributed by atoms with Crippen LogP contribution in [0.5, 0.6) is 23.0 Å². The first-order valence-corrected chi connectivity index (χ1v) is 10.5. The highest BCUT2D eigenvalue weighted by atomic mass is 16.5. The van der Waals surface area contributed by atoms with E-state index in [1.807, 2.05) is 6.92 Å². The van der Waals surface area contributed by atoms with Crippen LogP contribution in [0, 0.1) is 0 Å². The van der Waals surface area contributed by atoms with E-state index in [9.17, 15) is 19.5 Å². The van der Waals surface area contributed by atoms with Crippen LogP contribution < -0.4 is 19.5 Å². The van der Waals surface area contributed by atoms with Crippen LogP contribution in [-0.4, -0.2) is 50.2 Å². The van der Waals surface area contributed by atoms with Gasteiger partial charge in [0.05, 0.1) is 33.0 Å². The Morgan fingerprint density at radius 1 is 0.970 bits per heavy atom. The monoisotopic (exact) mass is 459 g/mol. The van der Waals surface area contributed by atoms with Crippen LogP contribution in [0.4, 0.5) is 5.69 Å². The van der Waals surface area contributed by atoms with Crippen molar-refractivity contribution in [2.75, 3.05) is 32.8 Å². The summed E-state index contributed by atoms with van der Waals surface area (Å²) in [6.07, 6.45) is 1.93. The summed E-state index contributed by atoms with van der Waals surface area (Å²) in [5, 5.41) is 12.8. The molecule has 0 fully saturated rings. The van der Waals surface area contributed by atoms with Gasteiger partial charge in [-0.25, -0.2) is 4.79 Å². The van der Waals surface area contributed by atoms with Gasteiger partial charge in [0.1, 0.15) is 11.5 Å². The molecule has 0 aliphatic carbocycles. The average Bonchev–Trinajstić information content (AvgIpc) is 2.80. The van der Waals surface area contributed by atoms with Crippen LogP contribution in [0.15, 0.2) is 30.3 Å². The molecule has 1 amide bonds. The van der Waals surface area contributed by atoms with Crippen molar-refractivity contribution in [1.29, 1.82) is 0 Å². The van der Waals surface area contributed by atoms with Crippen LogP contribution >= 0.6 is 0 Å². The van der Waals surface area contributed by atoms with Gasteiger partial charge >= 0.3 is 11.9 Å². The largest absolute Gasteiger partial charge is 0.507 e. The van der Waals surface area contributed by atoms with Gasteiger partial charge in [0.15, 0.2) is 17.3 Å². The summed E-state index contributed by atoms with van der Waals surface area (Å²) in [7, 11) is 2.58. The zero-order valence-electron chi connectivity index (χ0n) is 19.2. The van der Waals surface area contributed by atoms with Gasteiger partial charge < -0.3 is 29.4 Å². The number of methoxy groups -OCH3 is 2. The number of phenols is 1. The fraction of sp³-hybridized carbons (Fsp3) is 0.375. The summed E-state index contributed by atoms with van der Waals surface area (Å²) in [5.41, 5.74) is 1.26. The van der Waals surface area contributed by atoms with Crippen molar-refractivity contribution >= 4 is 23.3 Å². The standard InChI is InChI=1S/C24H29NO8/c1-5-7-18-19(11-9-17(15(2)26)22(18)27)32-12-6-13-33-20-10-8-16(14-21(20)30-3)25-23(28)24(29)31-4/h8-11,14,27H,5-7,12-13H2,1-4H3,(H,25,28). The van der Waals surface area contributed by atoms with Gasteiger partial charge in [-0.1, -0.05) is 13.3 Å². The van der Waals surface area contributed by atoms with Gasteiger partial charge in [-0.05, 0) is 37.6 Å². The van der Waals surface area contributed by atoms with Crippen molar-refractivity contribution in [2.24, 2.45) is 0 Å². The number of hydrogen-bond donors (Lipinski definition) is 2. The molecule has 2 aromatic carbocycles. The summed E-state index contributed by atoms with van der Waals surface area (Å²) in [5.74, 6) is -0.729. The SMILES string of the molecule is CCCc1c(OCCCOc2ccc(NC(=O)C(=O)OC)cc2OC)ccc(C(C)=O)c1O.